The van der Waals surface area contributed by atoms with E-state index < -0.39 is 24.0 Å². The molecule has 176 valence electrons. The number of nitrogens with zero attached hydrogens (tertiary/aromatic N) is 2. The van der Waals surface area contributed by atoms with Gasteiger partial charge >= 0.3 is 12.0 Å². The molecule has 4 aromatic rings. The Bertz CT molecular complexity index is 1330. The van der Waals surface area contributed by atoms with Gasteiger partial charge in [0.05, 0.1) is 5.56 Å². The first-order valence-electron chi connectivity index (χ1n) is 10.8. The van der Waals surface area contributed by atoms with Crippen molar-refractivity contribution >= 4 is 23.6 Å². The number of imide groups is 1. The van der Waals surface area contributed by atoms with Crippen LogP contribution in [0.25, 0.3) is 22.9 Å². The first kappa shape index (κ1) is 23.4. The number of hydrogen-bond acceptors (Lipinski definition) is 7. The molecule has 0 radical (unpaired) electrons. The number of carbonyl (C=O) groups excluding carboxylic acids is 3. The Morgan fingerprint density at radius 1 is 0.829 bits per heavy atom. The molecule has 1 unspecified atom stereocenters. The van der Waals surface area contributed by atoms with Crippen LogP contribution in [0.3, 0.4) is 0 Å². The van der Waals surface area contributed by atoms with Gasteiger partial charge in [-0.05, 0) is 62.4 Å². The molecule has 3 aromatic carbocycles. The highest BCUT2D eigenvalue weighted by Crippen LogP contribution is 2.24. The molecule has 0 saturated heterocycles. The Balaban J connectivity index is 1.33. The summed E-state index contributed by atoms with van der Waals surface area (Å²) < 4.78 is 10.9. The molecule has 1 atom stereocenters. The van der Waals surface area contributed by atoms with Gasteiger partial charge in [0.15, 0.2) is 6.10 Å². The van der Waals surface area contributed by atoms with Gasteiger partial charge in [-0.2, -0.15) is 0 Å². The maximum atomic E-state index is 12.4. The number of amides is 3. The van der Waals surface area contributed by atoms with Gasteiger partial charge in [0.2, 0.25) is 11.8 Å². The zero-order valence-electron chi connectivity index (χ0n) is 19.0. The van der Waals surface area contributed by atoms with Crippen molar-refractivity contribution < 1.29 is 23.5 Å². The van der Waals surface area contributed by atoms with Crippen molar-refractivity contribution in [2.75, 3.05) is 5.32 Å². The number of para-hydroxylation sites is 1. The van der Waals surface area contributed by atoms with Crippen LogP contribution >= 0.6 is 0 Å². The van der Waals surface area contributed by atoms with E-state index in [4.69, 9.17) is 9.15 Å². The predicted octanol–water partition coefficient (Wildman–Crippen LogP) is 4.61. The van der Waals surface area contributed by atoms with E-state index >= 15 is 0 Å². The SMILES string of the molecule is Cc1ccc(-c2nnc(-c3ccc(C(=O)OC(C)C(=O)NC(=O)Nc4ccccc4)cc3)o2)cc1. The Morgan fingerprint density at radius 2 is 1.40 bits per heavy atom. The molecular formula is C26H22N4O5. The summed E-state index contributed by atoms with van der Waals surface area (Å²) in [5, 5.41) is 12.8. The molecule has 1 heterocycles. The molecule has 9 heteroatoms. The summed E-state index contributed by atoms with van der Waals surface area (Å²) in [6, 6.07) is 22.0. The molecule has 9 nitrogen and oxygen atoms in total. The van der Waals surface area contributed by atoms with Gasteiger partial charge in [-0.25, -0.2) is 9.59 Å². The van der Waals surface area contributed by atoms with Crippen LogP contribution in [0.2, 0.25) is 0 Å². The zero-order valence-corrected chi connectivity index (χ0v) is 19.0. The summed E-state index contributed by atoms with van der Waals surface area (Å²) in [6.07, 6.45) is -1.18. The Hall–Kier alpha value is -4.79. The van der Waals surface area contributed by atoms with Gasteiger partial charge in [0.1, 0.15) is 0 Å². The largest absolute Gasteiger partial charge is 0.449 e. The monoisotopic (exact) mass is 470 g/mol. The number of rotatable bonds is 6. The maximum absolute atomic E-state index is 12.4. The molecule has 1 aromatic heterocycles. The first-order valence-corrected chi connectivity index (χ1v) is 10.8. The zero-order chi connectivity index (χ0) is 24.8. The fraction of sp³-hybridized carbons (Fsp3) is 0.115. The Morgan fingerprint density at radius 3 is 2.00 bits per heavy atom. The van der Waals surface area contributed by atoms with Gasteiger partial charge in [-0.3, -0.25) is 10.1 Å². The second-order valence-corrected chi connectivity index (χ2v) is 7.71. The molecule has 0 aliphatic carbocycles. The molecular weight excluding hydrogens is 448 g/mol. The fourth-order valence-electron chi connectivity index (χ4n) is 3.08. The lowest BCUT2D eigenvalue weighted by Gasteiger charge is -2.13. The minimum Gasteiger partial charge on any atom is -0.449 e. The number of hydrogen-bond donors (Lipinski definition) is 2. The first-order chi connectivity index (χ1) is 16.9. The van der Waals surface area contributed by atoms with Crippen LogP contribution in [0, 0.1) is 6.92 Å². The smallest absolute Gasteiger partial charge is 0.338 e. The fourth-order valence-corrected chi connectivity index (χ4v) is 3.08. The number of nitrogens with one attached hydrogen (secondary N) is 2. The highest BCUT2D eigenvalue weighted by atomic mass is 16.5. The quantitative estimate of drug-likeness (QED) is 0.395. The highest BCUT2D eigenvalue weighted by Gasteiger charge is 2.21. The van der Waals surface area contributed by atoms with E-state index in [-0.39, 0.29) is 5.56 Å². The van der Waals surface area contributed by atoms with Gasteiger partial charge in [0.25, 0.3) is 5.91 Å². The summed E-state index contributed by atoms with van der Waals surface area (Å²) in [5.74, 6) is -0.774. The molecule has 3 amide bonds. The third-order valence-corrected chi connectivity index (χ3v) is 5.01. The van der Waals surface area contributed by atoms with Crippen molar-refractivity contribution in [2.24, 2.45) is 0 Å². The topological polar surface area (TPSA) is 123 Å². The molecule has 0 bridgehead atoms. The second kappa shape index (κ2) is 10.4. The molecule has 35 heavy (non-hydrogen) atoms. The predicted molar refractivity (Wildman–Crippen MR) is 128 cm³/mol. The lowest BCUT2D eigenvalue weighted by Crippen LogP contribution is -2.41. The number of esters is 1. The van der Waals surface area contributed by atoms with Crippen LogP contribution < -0.4 is 10.6 Å². The van der Waals surface area contributed by atoms with Crippen molar-refractivity contribution in [3.05, 3.63) is 90.0 Å². The van der Waals surface area contributed by atoms with Crippen LogP contribution in [0.15, 0.2) is 83.3 Å². The van der Waals surface area contributed by atoms with E-state index in [0.29, 0.717) is 23.0 Å². The third-order valence-electron chi connectivity index (χ3n) is 5.01. The van der Waals surface area contributed by atoms with E-state index in [2.05, 4.69) is 20.8 Å². The number of anilines is 1. The molecule has 0 spiro atoms. The molecule has 0 saturated carbocycles. The number of benzene rings is 3. The van der Waals surface area contributed by atoms with Gasteiger partial charge < -0.3 is 14.5 Å². The van der Waals surface area contributed by atoms with Crippen LogP contribution in [0.4, 0.5) is 10.5 Å². The Kier molecular flexibility index (Phi) is 6.96. The maximum Gasteiger partial charge on any atom is 0.338 e. The minimum atomic E-state index is -1.18. The highest BCUT2D eigenvalue weighted by molar-refractivity contribution is 6.03. The summed E-state index contributed by atoms with van der Waals surface area (Å²) in [5.41, 5.74) is 3.29. The summed E-state index contributed by atoms with van der Waals surface area (Å²) in [6.45, 7) is 3.37. The van der Waals surface area contributed by atoms with E-state index in [1.165, 1.54) is 19.1 Å². The molecule has 2 N–H and O–H groups in total. The van der Waals surface area contributed by atoms with E-state index in [9.17, 15) is 14.4 Å². The molecule has 0 aliphatic rings. The summed E-state index contributed by atoms with van der Waals surface area (Å²) in [7, 11) is 0. The van der Waals surface area contributed by atoms with Crippen molar-refractivity contribution in [2.45, 2.75) is 20.0 Å². The lowest BCUT2D eigenvalue weighted by molar-refractivity contribution is -0.127. The van der Waals surface area contributed by atoms with E-state index in [0.717, 1.165) is 11.1 Å². The second-order valence-electron chi connectivity index (χ2n) is 7.71. The number of carbonyl (C=O) groups is 3. The summed E-state index contributed by atoms with van der Waals surface area (Å²) in [4.78, 5) is 36.6. The van der Waals surface area contributed by atoms with E-state index in [1.54, 1.807) is 42.5 Å². The van der Waals surface area contributed by atoms with Crippen LogP contribution in [-0.2, 0) is 9.53 Å². The van der Waals surface area contributed by atoms with Crippen LogP contribution in [0.1, 0.15) is 22.8 Å². The summed E-state index contributed by atoms with van der Waals surface area (Å²) >= 11 is 0. The lowest BCUT2D eigenvalue weighted by atomic mass is 10.1. The van der Waals surface area contributed by atoms with Crippen molar-refractivity contribution in [1.82, 2.24) is 15.5 Å². The van der Waals surface area contributed by atoms with Gasteiger partial charge in [0, 0.05) is 16.8 Å². The normalized spacial score (nSPS) is 11.4. The molecule has 4 rings (SSSR count). The average molecular weight is 470 g/mol. The van der Waals surface area contributed by atoms with Crippen LogP contribution in [-0.4, -0.2) is 34.2 Å². The standard InChI is InChI=1S/C26H22N4O5/c1-16-8-10-18(11-9-16)23-29-30-24(35-23)19-12-14-20(15-13-19)25(32)34-17(2)22(31)28-26(33)27-21-6-4-3-5-7-21/h3-15,17H,1-2H3,(H2,27,28,31,33). The van der Waals surface area contributed by atoms with Crippen molar-refractivity contribution in [3.8, 4) is 22.9 Å². The molecule has 0 fully saturated rings. The number of ether oxygens (including phenoxy) is 1. The number of aromatic nitrogens is 2. The minimum absolute atomic E-state index is 0.223. The van der Waals surface area contributed by atoms with Gasteiger partial charge in [-0.15, -0.1) is 10.2 Å². The van der Waals surface area contributed by atoms with Gasteiger partial charge in [-0.1, -0.05) is 35.9 Å². The third kappa shape index (κ3) is 5.97. The van der Waals surface area contributed by atoms with Crippen molar-refractivity contribution in [1.29, 1.82) is 0 Å². The number of aryl methyl sites for hydroxylation is 1. The van der Waals surface area contributed by atoms with Crippen molar-refractivity contribution in [3.63, 3.8) is 0 Å². The number of urea groups is 1. The molecule has 0 aliphatic heterocycles. The average Bonchev–Trinajstić information content (AvgIpc) is 3.35. The Labute approximate surface area is 201 Å². The van der Waals surface area contributed by atoms with E-state index in [1.807, 2.05) is 31.2 Å². The van der Waals surface area contributed by atoms with Crippen LogP contribution in [0.5, 0.6) is 0 Å².